The van der Waals surface area contributed by atoms with Gasteiger partial charge in [-0.2, -0.15) is 0 Å². The average Bonchev–Trinajstić information content (AvgIpc) is 3.08. The van der Waals surface area contributed by atoms with Gasteiger partial charge in [0, 0.05) is 6.42 Å². The van der Waals surface area contributed by atoms with E-state index in [4.69, 9.17) is 4.74 Å². The molecule has 0 rings (SSSR count). The van der Waals surface area contributed by atoms with E-state index in [0.29, 0.717) is 13.0 Å². The molecule has 0 bridgehead atoms. The van der Waals surface area contributed by atoms with Crippen LogP contribution in [0.4, 0.5) is 0 Å². The van der Waals surface area contributed by atoms with E-state index in [9.17, 15) is 4.79 Å². The minimum absolute atomic E-state index is 0.0261. The molecule has 0 radical (unpaired) electrons. The maximum Gasteiger partial charge on any atom is 0.305 e. The molecule has 0 heterocycles. The van der Waals surface area contributed by atoms with Crippen molar-refractivity contribution in [3.63, 3.8) is 0 Å². The number of unbranched alkanes of at least 4 members (excludes halogenated alkanes) is 34. The van der Waals surface area contributed by atoms with Crippen LogP contribution >= 0.6 is 0 Å². The van der Waals surface area contributed by atoms with Crippen LogP contribution in [-0.2, 0) is 9.53 Å². The number of hydrogen-bond donors (Lipinski definition) is 0. The normalized spacial score (nSPS) is 12.1. The van der Waals surface area contributed by atoms with Gasteiger partial charge >= 0.3 is 5.97 Å². The van der Waals surface area contributed by atoms with Crippen molar-refractivity contribution >= 4 is 5.97 Å². The lowest BCUT2D eigenvalue weighted by atomic mass is 9.99. The van der Waals surface area contributed by atoms with E-state index >= 15 is 0 Å². The molecule has 1 unspecified atom stereocenters. The Morgan fingerprint density at radius 1 is 0.383 bits per heavy atom. The second kappa shape index (κ2) is 41.6. The van der Waals surface area contributed by atoms with Gasteiger partial charge in [-0.05, 0) is 18.8 Å². The number of carbonyl (C=O) groups excluding carboxylic acids is 1. The van der Waals surface area contributed by atoms with Crippen molar-refractivity contribution in [2.75, 3.05) is 6.61 Å². The molecular weight excluding hydrogens is 572 g/mol. The van der Waals surface area contributed by atoms with Gasteiger partial charge in [-0.25, -0.2) is 0 Å². The molecule has 0 saturated heterocycles. The van der Waals surface area contributed by atoms with Gasteiger partial charge in [0.2, 0.25) is 0 Å². The Morgan fingerprint density at radius 2 is 0.660 bits per heavy atom. The van der Waals surface area contributed by atoms with Crippen LogP contribution in [0.2, 0.25) is 0 Å². The molecule has 2 heteroatoms. The van der Waals surface area contributed by atoms with E-state index in [1.165, 1.54) is 231 Å². The number of carbonyl (C=O) groups is 1. The number of ether oxygens (including phenoxy) is 1. The fourth-order valence-electron chi connectivity index (χ4n) is 7.06. The maximum absolute atomic E-state index is 11.9. The molecule has 0 fully saturated rings. The summed E-state index contributed by atoms with van der Waals surface area (Å²) in [7, 11) is 0. The van der Waals surface area contributed by atoms with Crippen LogP contribution in [-0.4, -0.2) is 12.6 Å². The lowest BCUT2D eigenvalue weighted by Crippen LogP contribution is -2.05. The zero-order valence-electron chi connectivity index (χ0n) is 33.2. The third-order valence-corrected chi connectivity index (χ3v) is 10.8. The Hall–Kier alpha value is -0.530. The van der Waals surface area contributed by atoms with Crippen molar-refractivity contribution in [2.24, 2.45) is 5.92 Å². The molecule has 0 saturated carbocycles. The highest BCUT2D eigenvalue weighted by Crippen LogP contribution is 2.18. The first kappa shape index (κ1) is 46.5. The van der Waals surface area contributed by atoms with E-state index in [0.717, 1.165) is 18.8 Å². The molecular formula is C45H90O2. The van der Waals surface area contributed by atoms with Crippen molar-refractivity contribution < 1.29 is 9.53 Å². The molecule has 1 atom stereocenters. The summed E-state index contributed by atoms with van der Waals surface area (Å²) >= 11 is 0. The second-order valence-electron chi connectivity index (χ2n) is 15.6. The average molecular weight is 663 g/mol. The largest absolute Gasteiger partial charge is 0.466 e. The molecule has 282 valence electrons. The fraction of sp³-hybridized carbons (Fsp3) is 0.978. The molecule has 2 nitrogen and oxygen atoms in total. The molecule has 0 aromatic carbocycles. The fourth-order valence-corrected chi connectivity index (χ4v) is 7.06. The van der Waals surface area contributed by atoms with Crippen molar-refractivity contribution in [3.05, 3.63) is 0 Å². The highest BCUT2D eigenvalue weighted by atomic mass is 16.5. The molecule has 0 aliphatic rings. The van der Waals surface area contributed by atoms with Crippen molar-refractivity contribution in [2.45, 2.75) is 271 Å². The van der Waals surface area contributed by atoms with Crippen LogP contribution in [0.5, 0.6) is 0 Å². The zero-order chi connectivity index (χ0) is 34.1. The minimum Gasteiger partial charge on any atom is -0.466 e. The number of hydrogen-bond acceptors (Lipinski definition) is 2. The predicted molar refractivity (Wildman–Crippen MR) is 212 cm³/mol. The van der Waals surface area contributed by atoms with Crippen LogP contribution in [0.1, 0.15) is 271 Å². The van der Waals surface area contributed by atoms with E-state index in [1.807, 2.05) is 0 Å². The molecule has 0 aromatic heterocycles. The first-order valence-corrected chi connectivity index (χ1v) is 22.4. The minimum atomic E-state index is 0.0261. The van der Waals surface area contributed by atoms with E-state index in [1.54, 1.807) is 0 Å². The van der Waals surface area contributed by atoms with Crippen LogP contribution in [0, 0.1) is 5.92 Å². The lowest BCUT2D eigenvalue weighted by molar-refractivity contribution is -0.143. The van der Waals surface area contributed by atoms with Crippen molar-refractivity contribution in [1.82, 2.24) is 0 Å². The topological polar surface area (TPSA) is 26.3 Å². The number of rotatable bonds is 41. The molecule has 0 aromatic rings. The Kier molecular flexibility index (Phi) is 41.2. The summed E-state index contributed by atoms with van der Waals surface area (Å²) in [6, 6.07) is 0. The summed E-state index contributed by atoms with van der Waals surface area (Å²) in [5, 5.41) is 0. The van der Waals surface area contributed by atoms with Gasteiger partial charge in [-0.1, -0.05) is 252 Å². The van der Waals surface area contributed by atoms with Gasteiger partial charge in [-0.3, -0.25) is 4.79 Å². The third kappa shape index (κ3) is 41.6. The lowest BCUT2D eigenvalue weighted by Gasteiger charge is -2.07. The summed E-state index contributed by atoms with van der Waals surface area (Å²) in [5.41, 5.74) is 0. The van der Waals surface area contributed by atoms with Crippen LogP contribution in [0.3, 0.4) is 0 Å². The summed E-state index contributed by atoms with van der Waals surface area (Å²) < 4.78 is 5.44. The Labute approximate surface area is 298 Å². The molecule has 0 N–H and O–H groups in total. The van der Waals surface area contributed by atoms with Gasteiger partial charge in [-0.15, -0.1) is 0 Å². The zero-order valence-corrected chi connectivity index (χ0v) is 33.2. The Morgan fingerprint density at radius 3 is 0.979 bits per heavy atom. The number of esters is 1. The summed E-state index contributed by atoms with van der Waals surface area (Å²) in [4.78, 5) is 11.9. The van der Waals surface area contributed by atoms with Crippen molar-refractivity contribution in [3.8, 4) is 0 Å². The summed E-state index contributed by atoms with van der Waals surface area (Å²) in [6.45, 7) is 7.63. The quantitative estimate of drug-likeness (QED) is 0.0481. The van der Waals surface area contributed by atoms with Gasteiger partial charge in [0.25, 0.3) is 0 Å². The highest BCUT2D eigenvalue weighted by molar-refractivity contribution is 5.69. The Balaban J connectivity index is 3.12. The summed E-state index contributed by atoms with van der Waals surface area (Å²) in [5.74, 6) is 0.966. The van der Waals surface area contributed by atoms with Crippen LogP contribution < -0.4 is 0 Å². The third-order valence-electron chi connectivity index (χ3n) is 10.8. The Bertz CT molecular complexity index is 572. The van der Waals surface area contributed by atoms with Gasteiger partial charge in [0.1, 0.15) is 0 Å². The van der Waals surface area contributed by atoms with Gasteiger partial charge in [0.15, 0.2) is 0 Å². The molecule has 0 amide bonds. The smallest absolute Gasteiger partial charge is 0.305 e. The molecule has 0 aliphatic heterocycles. The van der Waals surface area contributed by atoms with E-state index < -0.39 is 0 Å². The van der Waals surface area contributed by atoms with Crippen LogP contribution in [0.25, 0.3) is 0 Å². The molecule has 0 aliphatic carbocycles. The van der Waals surface area contributed by atoms with Gasteiger partial charge < -0.3 is 4.74 Å². The summed E-state index contributed by atoms with van der Waals surface area (Å²) in [6.07, 6.45) is 53.6. The highest BCUT2D eigenvalue weighted by Gasteiger charge is 2.03. The van der Waals surface area contributed by atoms with E-state index in [-0.39, 0.29) is 5.97 Å². The SMILES string of the molecule is CCCCCCCCCCCC(=O)OCCCCCCCCCCCCCCCCCCCCCCCCCCCCCC(C)CC. The molecule has 47 heavy (non-hydrogen) atoms. The van der Waals surface area contributed by atoms with Gasteiger partial charge in [0.05, 0.1) is 6.61 Å². The molecule has 0 spiro atoms. The van der Waals surface area contributed by atoms with E-state index in [2.05, 4.69) is 20.8 Å². The van der Waals surface area contributed by atoms with Crippen molar-refractivity contribution in [1.29, 1.82) is 0 Å². The predicted octanol–water partition coefficient (Wildman–Crippen LogP) is 16.4. The first-order valence-electron chi connectivity index (χ1n) is 22.4. The standard InChI is InChI=1S/C45H90O2/c1-4-6-7-8-9-29-33-36-39-42-45(46)47-43-40-37-34-31-28-26-24-22-20-18-16-14-12-10-11-13-15-17-19-21-23-25-27-30-32-35-38-41-44(3)5-2/h44H,4-43H2,1-3H3. The van der Waals surface area contributed by atoms with Crippen LogP contribution in [0.15, 0.2) is 0 Å². The monoisotopic (exact) mass is 663 g/mol. The maximum atomic E-state index is 11.9. The first-order chi connectivity index (χ1) is 23.2. The second-order valence-corrected chi connectivity index (χ2v) is 15.6.